The third-order valence-corrected chi connectivity index (χ3v) is 5.05. The minimum Gasteiger partial charge on any atom is -0.510 e. The number of azo groups is 1. The Labute approximate surface area is 198 Å². The third-order valence-electron chi connectivity index (χ3n) is 5.05. The quantitative estimate of drug-likeness (QED) is 0.126. The van der Waals surface area contributed by atoms with Gasteiger partial charge in [0, 0.05) is 19.8 Å². The molecule has 34 heavy (non-hydrogen) atoms. The molecule has 0 radical (unpaired) electrons. The first-order valence-corrected chi connectivity index (χ1v) is 10.6. The van der Waals surface area contributed by atoms with Crippen molar-refractivity contribution in [2.75, 3.05) is 19.5 Å². The van der Waals surface area contributed by atoms with Gasteiger partial charge in [0.25, 0.3) is 5.91 Å². The van der Waals surface area contributed by atoms with Crippen LogP contribution in [0.5, 0.6) is 0 Å². The van der Waals surface area contributed by atoms with Crippen LogP contribution >= 0.6 is 0 Å². The fraction of sp³-hybridized carbons (Fsp3) is 0.292. The molecule has 1 atom stereocenters. The second-order valence-corrected chi connectivity index (χ2v) is 7.67. The molecule has 0 fully saturated rings. The SMILES string of the molecule is CNC(=O)/C(N=Nc1ccc(-c2ccc(NNC(C(C)=O)C(=O)NC)cc2C)cc1C)=C(/C)O. The standard InChI is InChI=1S/C24H30N6O4/c1-13-12-18(27-29-21(15(3)31)23(33)25-5)8-9-19(13)17-7-10-20(14(2)11-17)28-30-22(16(4)32)24(34)26-6/h7-12,21,27,29,32H,1-6H3,(H,25,33)(H,26,34)/b22-16+,30-28?. The Hall–Kier alpha value is -4.05. The highest BCUT2D eigenvalue weighted by atomic mass is 16.3. The smallest absolute Gasteiger partial charge is 0.275 e. The van der Waals surface area contributed by atoms with Crippen molar-refractivity contribution in [2.45, 2.75) is 33.7 Å². The number of ketones is 1. The highest BCUT2D eigenvalue weighted by Gasteiger charge is 2.21. The Kier molecular flexibility index (Phi) is 9.02. The van der Waals surface area contributed by atoms with Gasteiger partial charge in [0.1, 0.15) is 5.76 Å². The van der Waals surface area contributed by atoms with Crippen LogP contribution in [-0.2, 0) is 14.4 Å². The van der Waals surface area contributed by atoms with E-state index in [1.54, 1.807) is 6.07 Å². The van der Waals surface area contributed by atoms with E-state index in [2.05, 4.69) is 31.7 Å². The van der Waals surface area contributed by atoms with E-state index in [4.69, 9.17) is 0 Å². The summed E-state index contributed by atoms with van der Waals surface area (Å²) in [6.45, 7) is 6.54. The third kappa shape index (κ3) is 6.48. The van der Waals surface area contributed by atoms with Crippen molar-refractivity contribution < 1.29 is 19.5 Å². The Bertz CT molecular complexity index is 1150. The predicted molar refractivity (Wildman–Crippen MR) is 131 cm³/mol. The van der Waals surface area contributed by atoms with Crippen molar-refractivity contribution in [2.24, 2.45) is 10.2 Å². The fourth-order valence-electron chi connectivity index (χ4n) is 3.16. The van der Waals surface area contributed by atoms with E-state index in [0.717, 1.165) is 22.3 Å². The van der Waals surface area contributed by atoms with Crippen LogP contribution in [0.2, 0.25) is 0 Å². The van der Waals surface area contributed by atoms with Crippen LogP contribution < -0.4 is 21.5 Å². The van der Waals surface area contributed by atoms with Crippen LogP contribution in [0.3, 0.4) is 0 Å². The lowest BCUT2D eigenvalue weighted by Crippen LogP contribution is -2.49. The Morgan fingerprint density at radius 1 is 0.941 bits per heavy atom. The van der Waals surface area contributed by atoms with Crippen molar-refractivity contribution >= 4 is 29.0 Å². The number of benzene rings is 2. The number of hydrazine groups is 1. The summed E-state index contributed by atoms with van der Waals surface area (Å²) < 4.78 is 0. The number of hydrogen-bond acceptors (Lipinski definition) is 8. The molecule has 0 aliphatic heterocycles. The number of carbonyl (C=O) groups is 3. The van der Waals surface area contributed by atoms with Crippen molar-refractivity contribution in [3.63, 3.8) is 0 Å². The zero-order valence-electron chi connectivity index (χ0n) is 20.1. The average molecular weight is 467 g/mol. The summed E-state index contributed by atoms with van der Waals surface area (Å²) in [7, 11) is 2.92. The summed E-state index contributed by atoms with van der Waals surface area (Å²) in [4.78, 5) is 35.3. The minimum atomic E-state index is -0.997. The number of allylic oxidation sites excluding steroid dienone is 1. The summed E-state index contributed by atoms with van der Waals surface area (Å²) >= 11 is 0. The van der Waals surface area contributed by atoms with Crippen molar-refractivity contribution in [3.8, 4) is 11.1 Å². The van der Waals surface area contributed by atoms with Gasteiger partial charge in [-0.05, 0) is 74.2 Å². The molecule has 0 heterocycles. The lowest BCUT2D eigenvalue weighted by molar-refractivity contribution is -0.129. The van der Waals surface area contributed by atoms with E-state index in [1.165, 1.54) is 27.9 Å². The first kappa shape index (κ1) is 26.2. The number of aliphatic hydroxyl groups excluding tert-OH is 1. The molecular formula is C24H30N6O4. The number of carbonyl (C=O) groups excluding carboxylic acids is 3. The largest absolute Gasteiger partial charge is 0.510 e. The maximum Gasteiger partial charge on any atom is 0.275 e. The van der Waals surface area contributed by atoms with Gasteiger partial charge in [-0.3, -0.25) is 14.4 Å². The van der Waals surface area contributed by atoms with Gasteiger partial charge in [-0.25, -0.2) is 5.43 Å². The van der Waals surface area contributed by atoms with Gasteiger partial charge in [0.2, 0.25) is 5.91 Å². The molecule has 10 heteroatoms. The Morgan fingerprint density at radius 2 is 1.65 bits per heavy atom. The molecule has 0 aliphatic rings. The van der Waals surface area contributed by atoms with Crippen molar-refractivity contribution in [3.05, 3.63) is 59.0 Å². The molecule has 0 saturated heterocycles. The topological polar surface area (TPSA) is 144 Å². The number of hydrogen-bond donors (Lipinski definition) is 5. The number of anilines is 1. The number of Topliss-reactive ketones (excluding diaryl/α,β-unsaturated/α-hetero) is 1. The summed E-state index contributed by atoms with van der Waals surface area (Å²) in [6.07, 6.45) is 0. The molecule has 180 valence electrons. The normalized spacial score (nSPS) is 12.6. The predicted octanol–water partition coefficient (Wildman–Crippen LogP) is 3.21. The molecule has 0 saturated carbocycles. The number of rotatable bonds is 9. The van der Waals surface area contributed by atoms with Crippen molar-refractivity contribution in [1.29, 1.82) is 0 Å². The van der Waals surface area contributed by atoms with Gasteiger partial charge < -0.3 is 21.2 Å². The minimum absolute atomic E-state index is 0.151. The first-order valence-electron chi connectivity index (χ1n) is 10.6. The first-order chi connectivity index (χ1) is 16.1. The van der Waals surface area contributed by atoms with E-state index in [-0.39, 0.29) is 17.2 Å². The Balaban J connectivity index is 2.22. The van der Waals surface area contributed by atoms with Gasteiger partial charge in [-0.2, -0.15) is 0 Å². The number of nitrogens with zero attached hydrogens (tertiary/aromatic N) is 2. The second-order valence-electron chi connectivity index (χ2n) is 7.67. The number of aliphatic hydroxyl groups is 1. The maximum absolute atomic E-state index is 11.8. The van der Waals surface area contributed by atoms with E-state index in [0.29, 0.717) is 11.4 Å². The van der Waals surface area contributed by atoms with Crippen LogP contribution in [0.1, 0.15) is 25.0 Å². The fourth-order valence-corrected chi connectivity index (χ4v) is 3.16. The highest BCUT2D eigenvalue weighted by Crippen LogP contribution is 2.30. The van der Waals surface area contributed by atoms with Gasteiger partial charge in [0.05, 0.1) is 5.69 Å². The summed E-state index contributed by atoms with van der Waals surface area (Å²) in [5, 5.41) is 22.5. The van der Waals surface area contributed by atoms with E-state index in [9.17, 15) is 19.5 Å². The monoisotopic (exact) mass is 466 g/mol. The maximum atomic E-state index is 11.8. The van der Waals surface area contributed by atoms with Crippen LogP contribution in [-0.4, -0.2) is 42.8 Å². The lowest BCUT2D eigenvalue weighted by Gasteiger charge is -2.17. The van der Waals surface area contributed by atoms with Crippen molar-refractivity contribution in [1.82, 2.24) is 16.1 Å². The van der Waals surface area contributed by atoms with E-state index >= 15 is 0 Å². The highest BCUT2D eigenvalue weighted by molar-refractivity contribution is 6.04. The van der Waals surface area contributed by atoms with Gasteiger partial charge in [-0.1, -0.05) is 12.1 Å². The van der Waals surface area contributed by atoms with Crippen LogP contribution in [0, 0.1) is 13.8 Å². The summed E-state index contributed by atoms with van der Waals surface area (Å²) in [5.74, 6) is -1.48. The van der Waals surface area contributed by atoms with Gasteiger partial charge in [-0.15, -0.1) is 10.2 Å². The van der Waals surface area contributed by atoms with Crippen LogP contribution in [0.4, 0.5) is 11.4 Å². The van der Waals surface area contributed by atoms with Crippen LogP contribution in [0.15, 0.2) is 58.1 Å². The number of likely N-dealkylation sites (N-methyl/N-ethyl adjacent to an activating group) is 2. The van der Waals surface area contributed by atoms with Crippen LogP contribution in [0.25, 0.3) is 11.1 Å². The second kappa shape index (κ2) is 11.7. The van der Waals surface area contributed by atoms with Gasteiger partial charge >= 0.3 is 0 Å². The number of aryl methyl sites for hydroxylation is 2. The molecule has 5 N–H and O–H groups in total. The number of amides is 2. The molecule has 0 aromatic heterocycles. The Morgan fingerprint density at radius 3 is 2.18 bits per heavy atom. The molecule has 2 rings (SSSR count). The number of nitrogens with one attached hydrogen (secondary N) is 4. The molecule has 2 aromatic rings. The molecule has 0 aliphatic carbocycles. The lowest BCUT2D eigenvalue weighted by atomic mass is 9.98. The molecule has 10 nitrogen and oxygen atoms in total. The summed E-state index contributed by atoms with van der Waals surface area (Å²) in [5.41, 5.74) is 10.5. The molecular weight excluding hydrogens is 436 g/mol. The molecule has 1 unspecified atom stereocenters. The van der Waals surface area contributed by atoms with E-state index in [1.807, 2.05) is 44.2 Å². The zero-order chi connectivity index (χ0) is 25.4. The molecule has 2 amide bonds. The zero-order valence-corrected chi connectivity index (χ0v) is 20.1. The molecule has 0 bridgehead atoms. The van der Waals surface area contributed by atoms with E-state index < -0.39 is 17.9 Å². The van der Waals surface area contributed by atoms with Gasteiger partial charge in [0.15, 0.2) is 17.5 Å². The molecule has 0 spiro atoms. The average Bonchev–Trinajstić information content (AvgIpc) is 2.79. The molecule has 2 aromatic carbocycles. The summed E-state index contributed by atoms with van der Waals surface area (Å²) in [6, 6.07) is 10.3.